The lowest BCUT2D eigenvalue weighted by atomic mass is 10.2. The fourth-order valence-corrected chi connectivity index (χ4v) is 1.60. The Kier molecular flexibility index (Phi) is 8.81. The third-order valence-electron chi connectivity index (χ3n) is 2.53. The smallest absolute Gasteiger partial charge is 0.407 e. The Labute approximate surface area is 112 Å². The molecular weight excluding hydrogens is 228 g/mol. The van der Waals surface area contributed by atoms with Crippen molar-refractivity contribution in [2.24, 2.45) is 0 Å². The second kappa shape index (κ2) is 9.20. The van der Waals surface area contributed by atoms with E-state index in [1.165, 1.54) is 19.3 Å². The molecule has 18 heavy (non-hydrogen) atoms. The number of nitrogens with zero attached hydrogens (tertiary/aromatic N) is 1. The maximum Gasteiger partial charge on any atom is 0.407 e. The van der Waals surface area contributed by atoms with Gasteiger partial charge in [0.15, 0.2) is 0 Å². The van der Waals surface area contributed by atoms with Gasteiger partial charge in [-0.15, -0.1) is 0 Å². The molecule has 0 fully saturated rings. The van der Waals surface area contributed by atoms with Crippen LogP contribution in [0.4, 0.5) is 4.79 Å². The molecule has 0 saturated carbocycles. The second-order valence-electron chi connectivity index (χ2n) is 5.79. The molecular formula is C14H30N2O2. The summed E-state index contributed by atoms with van der Waals surface area (Å²) in [5.41, 5.74) is -0.416. The summed E-state index contributed by atoms with van der Waals surface area (Å²) in [4.78, 5) is 13.7. The van der Waals surface area contributed by atoms with Crippen molar-refractivity contribution >= 4 is 6.09 Å². The highest BCUT2D eigenvalue weighted by atomic mass is 16.6. The fourth-order valence-electron chi connectivity index (χ4n) is 1.60. The summed E-state index contributed by atoms with van der Waals surface area (Å²) in [7, 11) is 2.13. The van der Waals surface area contributed by atoms with Crippen molar-refractivity contribution < 1.29 is 9.53 Å². The monoisotopic (exact) mass is 258 g/mol. The van der Waals surface area contributed by atoms with Gasteiger partial charge in [0.1, 0.15) is 5.60 Å². The fraction of sp³-hybridized carbons (Fsp3) is 0.929. The van der Waals surface area contributed by atoms with E-state index in [1.54, 1.807) is 0 Å². The van der Waals surface area contributed by atoms with Gasteiger partial charge in [-0.25, -0.2) is 4.79 Å². The molecule has 0 rings (SSSR count). The Balaban J connectivity index is 3.47. The SMILES string of the molecule is CCCCCN(C)CCCNC(=O)OC(C)(C)C. The van der Waals surface area contributed by atoms with Crippen LogP contribution >= 0.6 is 0 Å². The van der Waals surface area contributed by atoms with Crippen LogP contribution in [0.5, 0.6) is 0 Å². The predicted octanol–water partition coefficient (Wildman–Crippen LogP) is 3.02. The van der Waals surface area contributed by atoms with Gasteiger partial charge in [0, 0.05) is 6.54 Å². The number of hydrogen-bond donors (Lipinski definition) is 1. The molecule has 0 aliphatic heterocycles. The molecule has 0 heterocycles. The normalized spacial score (nSPS) is 11.7. The van der Waals surface area contributed by atoms with Gasteiger partial charge in [0.25, 0.3) is 0 Å². The lowest BCUT2D eigenvalue weighted by molar-refractivity contribution is 0.0526. The van der Waals surface area contributed by atoms with Gasteiger partial charge in [-0.05, 0) is 53.8 Å². The standard InChI is InChI=1S/C14H30N2O2/c1-6-7-8-11-16(5)12-9-10-15-13(17)18-14(2,3)4/h6-12H2,1-5H3,(H,15,17). The third kappa shape index (κ3) is 11.7. The number of amides is 1. The number of carbonyl (C=O) groups is 1. The maximum atomic E-state index is 11.4. The second-order valence-corrected chi connectivity index (χ2v) is 5.79. The van der Waals surface area contributed by atoms with Gasteiger partial charge < -0.3 is 15.0 Å². The molecule has 0 aromatic heterocycles. The molecule has 0 aromatic rings. The van der Waals surface area contributed by atoms with Crippen LogP contribution in [0.15, 0.2) is 0 Å². The highest BCUT2D eigenvalue weighted by Crippen LogP contribution is 2.06. The molecule has 0 bridgehead atoms. The quantitative estimate of drug-likeness (QED) is 0.680. The van der Waals surface area contributed by atoms with Crippen LogP contribution in [0.2, 0.25) is 0 Å². The Morgan fingerprint density at radius 2 is 1.78 bits per heavy atom. The van der Waals surface area contributed by atoms with Crippen LogP contribution in [0, 0.1) is 0 Å². The first-order valence-corrected chi connectivity index (χ1v) is 7.00. The van der Waals surface area contributed by atoms with Crippen LogP contribution in [0.3, 0.4) is 0 Å². The number of alkyl carbamates (subject to hydrolysis) is 1. The van der Waals surface area contributed by atoms with Crippen molar-refractivity contribution in [2.45, 2.75) is 59.0 Å². The molecule has 0 saturated heterocycles. The molecule has 4 heteroatoms. The zero-order valence-corrected chi connectivity index (χ0v) is 12.7. The first-order chi connectivity index (χ1) is 8.35. The van der Waals surface area contributed by atoms with Crippen LogP contribution in [0.25, 0.3) is 0 Å². The average Bonchev–Trinajstić information content (AvgIpc) is 2.22. The summed E-state index contributed by atoms with van der Waals surface area (Å²) in [5, 5.41) is 2.77. The van der Waals surface area contributed by atoms with Gasteiger partial charge in [0.05, 0.1) is 0 Å². The van der Waals surface area contributed by atoms with E-state index in [9.17, 15) is 4.79 Å². The number of carbonyl (C=O) groups excluding carboxylic acids is 1. The lowest BCUT2D eigenvalue weighted by Gasteiger charge is -2.20. The number of nitrogens with one attached hydrogen (secondary N) is 1. The van der Waals surface area contributed by atoms with Crippen LogP contribution < -0.4 is 5.32 Å². The van der Waals surface area contributed by atoms with Crippen molar-refractivity contribution in [3.05, 3.63) is 0 Å². The summed E-state index contributed by atoms with van der Waals surface area (Å²) in [6.45, 7) is 10.6. The molecule has 1 amide bonds. The van der Waals surface area contributed by atoms with Crippen LogP contribution in [0.1, 0.15) is 53.4 Å². The molecule has 108 valence electrons. The zero-order valence-electron chi connectivity index (χ0n) is 12.7. The number of ether oxygens (including phenoxy) is 1. The molecule has 0 radical (unpaired) electrons. The van der Waals surface area contributed by atoms with Crippen molar-refractivity contribution in [1.82, 2.24) is 10.2 Å². The first kappa shape index (κ1) is 17.2. The summed E-state index contributed by atoms with van der Waals surface area (Å²) in [5.74, 6) is 0. The van der Waals surface area contributed by atoms with Gasteiger partial charge in [0.2, 0.25) is 0 Å². The topological polar surface area (TPSA) is 41.6 Å². The molecule has 0 aliphatic rings. The minimum atomic E-state index is -0.416. The highest BCUT2D eigenvalue weighted by Gasteiger charge is 2.15. The van der Waals surface area contributed by atoms with Gasteiger partial charge in [-0.3, -0.25) is 0 Å². The first-order valence-electron chi connectivity index (χ1n) is 7.00. The van der Waals surface area contributed by atoms with Crippen molar-refractivity contribution in [3.63, 3.8) is 0 Å². The zero-order chi connectivity index (χ0) is 14.0. The van der Waals surface area contributed by atoms with Crippen LogP contribution in [-0.2, 0) is 4.74 Å². The number of hydrogen-bond acceptors (Lipinski definition) is 3. The summed E-state index contributed by atoms with van der Waals surface area (Å²) >= 11 is 0. The maximum absolute atomic E-state index is 11.4. The van der Waals surface area contributed by atoms with Gasteiger partial charge in [-0.1, -0.05) is 19.8 Å². The van der Waals surface area contributed by atoms with E-state index in [-0.39, 0.29) is 6.09 Å². The average molecular weight is 258 g/mol. The molecule has 4 nitrogen and oxygen atoms in total. The lowest BCUT2D eigenvalue weighted by Crippen LogP contribution is -2.34. The van der Waals surface area contributed by atoms with E-state index in [4.69, 9.17) is 4.74 Å². The van der Waals surface area contributed by atoms with E-state index in [0.29, 0.717) is 6.54 Å². The highest BCUT2D eigenvalue weighted by molar-refractivity contribution is 5.67. The van der Waals surface area contributed by atoms with Crippen molar-refractivity contribution in [1.29, 1.82) is 0 Å². The largest absolute Gasteiger partial charge is 0.444 e. The van der Waals surface area contributed by atoms with E-state index in [0.717, 1.165) is 19.5 Å². The van der Waals surface area contributed by atoms with Crippen molar-refractivity contribution in [3.8, 4) is 0 Å². The van der Waals surface area contributed by atoms with E-state index < -0.39 is 5.60 Å². The van der Waals surface area contributed by atoms with Crippen molar-refractivity contribution in [2.75, 3.05) is 26.7 Å². The van der Waals surface area contributed by atoms with Crippen LogP contribution in [-0.4, -0.2) is 43.3 Å². The summed E-state index contributed by atoms with van der Waals surface area (Å²) < 4.78 is 5.16. The van der Waals surface area contributed by atoms with Gasteiger partial charge in [-0.2, -0.15) is 0 Å². The summed E-state index contributed by atoms with van der Waals surface area (Å²) in [6.07, 6.45) is 4.44. The Morgan fingerprint density at radius 1 is 1.17 bits per heavy atom. The number of rotatable bonds is 8. The number of unbranched alkanes of at least 4 members (excludes halogenated alkanes) is 2. The molecule has 0 aliphatic carbocycles. The third-order valence-corrected chi connectivity index (χ3v) is 2.53. The Bertz CT molecular complexity index is 224. The van der Waals surface area contributed by atoms with E-state index >= 15 is 0 Å². The minimum Gasteiger partial charge on any atom is -0.444 e. The molecule has 0 aromatic carbocycles. The molecule has 0 atom stereocenters. The molecule has 0 unspecified atom stereocenters. The van der Waals surface area contributed by atoms with Gasteiger partial charge >= 0.3 is 6.09 Å². The summed E-state index contributed by atoms with van der Waals surface area (Å²) in [6, 6.07) is 0. The molecule has 0 spiro atoms. The predicted molar refractivity (Wildman–Crippen MR) is 75.9 cm³/mol. The Hall–Kier alpha value is -0.770. The van der Waals surface area contributed by atoms with E-state index in [2.05, 4.69) is 24.2 Å². The molecule has 1 N–H and O–H groups in total. The minimum absolute atomic E-state index is 0.323. The van der Waals surface area contributed by atoms with E-state index in [1.807, 2.05) is 20.8 Å². The Morgan fingerprint density at radius 3 is 2.33 bits per heavy atom.